The molecule has 0 aliphatic carbocycles. The van der Waals surface area contributed by atoms with Crippen molar-refractivity contribution in [3.8, 4) is 11.5 Å². The van der Waals surface area contributed by atoms with Gasteiger partial charge in [0, 0.05) is 44.4 Å². The summed E-state index contributed by atoms with van der Waals surface area (Å²) in [5.74, 6) is 1.12. The molecule has 1 fully saturated rings. The second kappa shape index (κ2) is 10.7. The Balaban J connectivity index is 1.44. The highest BCUT2D eigenvalue weighted by Gasteiger charge is 2.32. The average molecular weight is 427 g/mol. The number of amides is 3. The first-order chi connectivity index (χ1) is 15.0. The first-order valence-corrected chi connectivity index (χ1v) is 10.3. The van der Waals surface area contributed by atoms with Crippen LogP contribution >= 0.6 is 0 Å². The smallest absolute Gasteiger partial charge is 0.315 e. The number of ether oxygens (including phenoxy) is 2. The molecule has 166 valence electrons. The van der Waals surface area contributed by atoms with Crippen LogP contribution in [-0.4, -0.2) is 63.8 Å². The Bertz CT molecular complexity index is 890. The number of methoxy groups -OCH3 is 2. The summed E-state index contributed by atoms with van der Waals surface area (Å²) in [6, 6.07) is 15.0. The lowest BCUT2D eigenvalue weighted by molar-refractivity contribution is -0.117. The average Bonchev–Trinajstić information content (AvgIpc) is 3.13. The van der Waals surface area contributed by atoms with Crippen LogP contribution < -0.4 is 25.0 Å². The molecule has 1 aliphatic heterocycles. The molecule has 2 aromatic carbocycles. The molecule has 3 rings (SSSR count). The maximum absolute atomic E-state index is 12.5. The van der Waals surface area contributed by atoms with Gasteiger partial charge in [0.2, 0.25) is 5.91 Å². The van der Waals surface area contributed by atoms with Crippen LogP contribution in [0.3, 0.4) is 0 Å². The third-order valence-electron chi connectivity index (χ3n) is 5.21. The van der Waals surface area contributed by atoms with E-state index in [1.54, 1.807) is 31.3 Å². The van der Waals surface area contributed by atoms with E-state index < -0.39 is 0 Å². The Morgan fingerprint density at radius 3 is 2.58 bits per heavy atom. The molecule has 0 radical (unpaired) electrons. The van der Waals surface area contributed by atoms with Gasteiger partial charge in [-0.05, 0) is 24.7 Å². The first-order valence-electron chi connectivity index (χ1n) is 10.3. The summed E-state index contributed by atoms with van der Waals surface area (Å²) in [7, 11) is 5.14. The van der Waals surface area contributed by atoms with Gasteiger partial charge in [0.1, 0.15) is 0 Å². The molecule has 0 aromatic heterocycles. The third-order valence-corrected chi connectivity index (χ3v) is 5.21. The number of benzene rings is 2. The number of nitrogens with one attached hydrogen (secondary N) is 2. The van der Waals surface area contributed by atoms with Crippen LogP contribution in [0.25, 0.3) is 0 Å². The van der Waals surface area contributed by atoms with Gasteiger partial charge in [0.05, 0.1) is 20.3 Å². The van der Waals surface area contributed by atoms with Crippen LogP contribution in [-0.2, 0) is 11.3 Å². The maximum atomic E-state index is 12.5. The summed E-state index contributed by atoms with van der Waals surface area (Å²) >= 11 is 0. The summed E-state index contributed by atoms with van der Waals surface area (Å²) in [6.07, 6.45) is 0.260. The molecule has 0 saturated carbocycles. The van der Waals surface area contributed by atoms with Crippen molar-refractivity contribution in [2.75, 3.05) is 45.8 Å². The van der Waals surface area contributed by atoms with E-state index in [-0.39, 0.29) is 24.4 Å². The molecule has 3 amide bonds. The third kappa shape index (κ3) is 6.11. The fourth-order valence-electron chi connectivity index (χ4n) is 3.62. The SMILES string of the molecule is COc1ccc(N2C[C@H](NC(=O)NCCN(C)Cc3ccccc3)CC2=O)cc1OC. The van der Waals surface area contributed by atoms with Crippen molar-refractivity contribution in [3.05, 3.63) is 54.1 Å². The van der Waals surface area contributed by atoms with E-state index in [9.17, 15) is 9.59 Å². The predicted octanol–water partition coefficient (Wildman–Crippen LogP) is 2.24. The molecule has 31 heavy (non-hydrogen) atoms. The molecule has 0 bridgehead atoms. The van der Waals surface area contributed by atoms with Crippen LogP contribution in [0.2, 0.25) is 0 Å². The fraction of sp³-hybridized carbons (Fsp3) is 0.391. The molecule has 1 heterocycles. The van der Waals surface area contributed by atoms with Gasteiger partial charge in [-0.1, -0.05) is 30.3 Å². The van der Waals surface area contributed by atoms with Crippen molar-refractivity contribution in [1.82, 2.24) is 15.5 Å². The molecule has 1 atom stereocenters. The second-order valence-corrected chi connectivity index (χ2v) is 7.57. The number of hydrogen-bond donors (Lipinski definition) is 2. The first kappa shape index (κ1) is 22.4. The van der Waals surface area contributed by atoms with Gasteiger partial charge in [-0.3, -0.25) is 4.79 Å². The number of anilines is 1. The molecule has 8 heteroatoms. The molecular weight excluding hydrogens is 396 g/mol. The summed E-state index contributed by atoms with van der Waals surface area (Å²) in [6.45, 7) is 2.48. The predicted molar refractivity (Wildman–Crippen MR) is 120 cm³/mol. The lowest BCUT2D eigenvalue weighted by atomic mass is 10.2. The van der Waals surface area contributed by atoms with E-state index in [2.05, 4.69) is 27.7 Å². The zero-order valence-electron chi connectivity index (χ0n) is 18.3. The Morgan fingerprint density at radius 2 is 1.87 bits per heavy atom. The molecule has 1 aliphatic rings. The highest BCUT2D eigenvalue weighted by Crippen LogP contribution is 2.33. The van der Waals surface area contributed by atoms with Crippen molar-refractivity contribution in [2.24, 2.45) is 0 Å². The largest absolute Gasteiger partial charge is 0.493 e. The standard InChI is InChI=1S/C23H30N4O4/c1-26(15-17-7-5-4-6-8-17)12-11-24-23(29)25-18-13-22(28)27(16-18)19-9-10-20(30-2)21(14-19)31-3/h4-10,14,18H,11-13,15-16H2,1-3H3,(H2,24,25,29)/t18-/m1/s1. The number of nitrogens with zero attached hydrogens (tertiary/aromatic N) is 2. The van der Waals surface area contributed by atoms with Crippen molar-refractivity contribution >= 4 is 17.6 Å². The number of rotatable bonds is 9. The van der Waals surface area contributed by atoms with Gasteiger partial charge in [-0.25, -0.2) is 4.79 Å². The molecule has 2 aromatic rings. The fourth-order valence-corrected chi connectivity index (χ4v) is 3.62. The van der Waals surface area contributed by atoms with E-state index in [0.29, 0.717) is 24.6 Å². The minimum atomic E-state index is -0.264. The van der Waals surface area contributed by atoms with Gasteiger partial charge >= 0.3 is 6.03 Å². The summed E-state index contributed by atoms with van der Waals surface area (Å²) in [5, 5.41) is 5.77. The molecule has 0 unspecified atom stereocenters. The lowest BCUT2D eigenvalue weighted by Gasteiger charge is -2.20. The van der Waals surface area contributed by atoms with E-state index >= 15 is 0 Å². The highest BCUT2D eigenvalue weighted by atomic mass is 16.5. The Morgan fingerprint density at radius 1 is 1.13 bits per heavy atom. The van der Waals surface area contributed by atoms with E-state index in [1.807, 2.05) is 31.3 Å². The number of urea groups is 1. The van der Waals surface area contributed by atoms with Crippen LogP contribution in [0.15, 0.2) is 48.5 Å². The van der Waals surface area contributed by atoms with E-state index in [0.717, 1.165) is 18.8 Å². The zero-order valence-corrected chi connectivity index (χ0v) is 18.3. The zero-order chi connectivity index (χ0) is 22.2. The van der Waals surface area contributed by atoms with E-state index in [4.69, 9.17) is 9.47 Å². The maximum Gasteiger partial charge on any atom is 0.315 e. The Labute approximate surface area is 183 Å². The summed E-state index contributed by atoms with van der Waals surface area (Å²) in [4.78, 5) is 28.5. The van der Waals surface area contributed by atoms with Crippen molar-refractivity contribution in [1.29, 1.82) is 0 Å². The van der Waals surface area contributed by atoms with Crippen molar-refractivity contribution in [3.63, 3.8) is 0 Å². The number of likely N-dealkylation sites (N-methyl/N-ethyl adjacent to an activating group) is 1. The van der Waals surface area contributed by atoms with Gasteiger partial charge in [-0.2, -0.15) is 0 Å². The van der Waals surface area contributed by atoms with E-state index in [1.165, 1.54) is 5.56 Å². The summed E-state index contributed by atoms with van der Waals surface area (Å²) in [5.41, 5.74) is 1.95. The second-order valence-electron chi connectivity index (χ2n) is 7.57. The normalized spacial score (nSPS) is 15.8. The minimum absolute atomic E-state index is 0.0416. The quantitative estimate of drug-likeness (QED) is 0.643. The lowest BCUT2D eigenvalue weighted by Crippen LogP contribution is -2.45. The van der Waals surface area contributed by atoms with Crippen LogP contribution in [0.5, 0.6) is 11.5 Å². The number of carbonyl (C=O) groups is 2. The molecule has 8 nitrogen and oxygen atoms in total. The number of carbonyl (C=O) groups excluding carboxylic acids is 2. The molecule has 2 N–H and O–H groups in total. The van der Waals surface area contributed by atoms with Gasteiger partial charge < -0.3 is 29.9 Å². The highest BCUT2D eigenvalue weighted by molar-refractivity contribution is 5.97. The van der Waals surface area contributed by atoms with Gasteiger partial charge in [-0.15, -0.1) is 0 Å². The number of hydrogen-bond acceptors (Lipinski definition) is 5. The molecular formula is C23H30N4O4. The summed E-state index contributed by atoms with van der Waals surface area (Å²) < 4.78 is 10.6. The van der Waals surface area contributed by atoms with Crippen LogP contribution in [0.4, 0.5) is 10.5 Å². The minimum Gasteiger partial charge on any atom is -0.493 e. The molecule has 0 spiro atoms. The monoisotopic (exact) mass is 426 g/mol. The van der Waals surface area contributed by atoms with Crippen LogP contribution in [0, 0.1) is 0 Å². The van der Waals surface area contributed by atoms with Crippen LogP contribution in [0.1, 0.15) is 12.0 Å². The Kier molecular flexibility index (Phi) is 7.72. The van der Waals surface area contributed by atoms with Crippen molar-refractivity contribution in [2.45, 2.75) is 19.0 Å². The van der Waals surface area contributed by atoms with Gasteiger partial charge in [0.25, 0.3) is 0 Å². The topological polar surface area (TPSA) is 83.1 Å². The van der Waals surface area contributed by atoms with Gasteiger partial charge in [0.15, 0.2) is 11.5 Å². The van der Waals surface area contributed by atoms with Crippen molar-refractivity contribution < 1.29 is 19.1 Å². The molecule has 1 saturated heterocycles. The Hall–Kier alpha value is -3.26.